The molecule has 0 aromatic carbocycles. The van der Waals surface area contributed by atoms with Crippen LogP contribution < -0.4 is 0 Å². The molecule has 0 saturated carbocycles. The van der Waals surface area contributed by atoms with Crippen molar-refractivity contribution in [3.8, 4) is 0 Å². The Hall–Kier alpha value is -3.04. The van der Waals surface area contributed by atoms with Gasteiger partial charge >= 0.3 is 24.1 Å². The molecule has 0 aliphatic heterocycles. The predicted molar refractivity (Wildman–Crippen MR) is 99.7 cm³/mol. The second-order valence-electron chi connectivity index (χ2n) is 5.67. The quantitative estimate of drug-likeness (QED) is 0.196. The maximum absolute atomic E-state index is 11.7. The first kappa shape index (κ1) is 25.0. The molecule has 0 heterocycles. The molecule has 0 aromatic rings. The van der Waals surface area contributed by atoms with Crippen LogP contribution in [0.1, 0.15) is 32.6 Å². The number of carboxylic acid groups (broad SMARTS) is 2. The lowest BCUT2D eigenvalue weighted by molar-refractivity contribution is -0.138. The van der Waals surface area contributed by atoms with Crippen LogP contribution in [0.3, 0.4) is 0 Å². The first-order valence-corrected chi connectivity index (χ1v) is 8.85. The molecule has 0 aliphatic rings. The molecule has 0 saturated heterocycles. The molecule has 0 radical (unpaired) electrons. The summed E-state index contributed by atoms with van der Waals surface area (Å²) in [5.74, 6) is -1.42. The van der Waals surface area contributed by atoms with Crippen molar-refractivity contribution in [2.24, 2.45) is 0 Å². The van der Waals surface area contributed by atoms with E-state index >= 15 is 0 Å². The lowest BCUT2D eigenvalue weighted by Crippen LogP contribution is -2.54. The number of nitrogens with zero attached hydrogens (tertiary/aromatic N) is 2. The predicted octanol–water partition coefficient (Wildman–Crippen LogP) is 2.31. The van der Waals surface area contributed by atoms with Crippen LogP contribution in [0.2, 0.25) is 0 Å². The topological polar surface area (TPSA) is 134 Å². The van der Waals surface area contributed by atoms with E-state index in [-0.39, 0.29) is 32.7 Å². The molecule has 0 rings (SSSR count). The number of unbranched alkanes of at least 4 members (excludes halogenated alkanes) is 2. The Morgan fingerprint density at radius 2 is 1.32 bits per heavy atom. The van der Waals surface area contributed by atoms with Crippen LogP contribution in [-0.4, -0.2) is 76.6 Å². The fourth-order valence-corrected chi connectivity index (χ4v) is 2.41. The number of carbonyl (C=O) groups excluding carboxylic acids is 2. The van der Waals surface area contributed by atoms with Gasteiger partial charge in [-0.3, -0.25) is 9.80 Å². The van der Waals surface area contributed by atoms with Gasteiger partial charge in [0.15, 0.2) is 0 Å². The average molecular weight is 400 g/mol. The fourth-order valence-electron chi connectivity index (χ4n) is 2.41. The Bertz CT molecular complexity index is 520. The molecule has 0 atom stereocenters. The molecule has 0 aliphatic carbocycles. The molecular formula is C18H28N2O8. The molecule has 0 aromatic heterocycles. The summed E-state index contributed by atoms with van der Waals surface area (Å²) in [4.78, 5) is 47.5. The van der Waals surface area contributed by atoms with Gasteiger partial charge in [-0.2, -0.15) is 0 Å². The highest BCUT2D eigenvalue weighted by molar-refractivity contribution is 5.81. The Labute approximate surface area is 164 Å². The van der Waals surface area contributed by atoms with Gasteiger partial charge in [0, 0.05) is 12.2 Å². The highest BCUT2D eigenvalue weighted by atomic mass is 16.5. The van der Waals surface area contributed by atoms with Crippen LogP contribution in [0.4, 0.5) is 9.59 Å². The van der Waals surface area contributed by atoms with E-state index < -0.39 is 30.3 Å². The molecular weight excluding hydrogens is 372 g/mol. The number of amides is 2. The highest BCUT2D eigenvalue weighted by Crippen LogP contribution is 2.16. The third-order valence-corrected chi connectivity index (χ3v) is 3.76. The number of hydrogen-bond acceptors (Lipinski definition) is 6. The number of rotatable bonds is 14. The zero-order valence-corrected chi connectivity index (χ0v) is 16.0. The number of carbonyl (C=O) groups is 4. The van der Waals surface area contributed by atoms with E-state index in [1.54, 1.807) is 0 Å². The van der Waals surface area contributed by atoms with Crippen LogP contribution in [0.25, 0.3) is 0 Å². The van der Waals surface area contributed by atoms with Crippen LogP contribution in [-0.2, 0) is 19.1 Å². The largest absolute Gasteiger partial charge is 0.465 e. The van der Waals surface area contributed by atoms with Gasteiger partial charge in [-0.1, -0.05) is 32.9 Å². The minimum Gasteiger partial charge on any atom is -0.465 e. The summed E-state index contributed by atoms with van der Waals surface area (Å²) in [7, 11) is 0. The van der Waals surface area contributed by atoms with Gasteiger partial charge in [-0.05, 0) is 12.8 Å². The molecule has 2 amide bonds. The average Bonchev–Trinajstić information content (AvgIpc) is 2.66. The molecule has 0 bridgehead atoms. The van der Waals surface area contributed by atoms with E-state index in [4.69, 9.17) is 9.47 Å². The normalized spacial score (nSPS) is 10.1. The Kier molecular flexibility index (Phi) is 12.5. The van der Waals surface area contributed by atoms with Crippen LogP contribution in [0.15, 0.2) is 25.3 Å². The van der Waals surface area contributed by atoms with Gasteiger partial charge in [-0.25, -0.2) is 19.2 Å². The summed E-state index contributed by atoms with van der Waals surface area (Å²) in [5.41, 5.74) is 0. The van der Waals surface area contributed by atoms with Gasteiger partial charge < -0.3 is 19.7 Å². The lowest BCUT2D eigenvalue weighted by atomic mass is 10.1. The molecule has 10 heteroatoms. The zero-order chi connectivity index (χ0) is 21.5. The SMILES string of the molecule is C=CC(=O)OCCN(C(=O)O)C(CCCCC)N(CCOC(=O)C=C)C(=O)O. The first-order valence-electron chi connectivity index (χ1n) is 8.85. The highest BCUT2D eigenvalue weighted by Gasteiger charge is 2.31. The maximum Gasteiger partial charge on any atom is 0.409 e. The van der Waals surface area contributed by atoms with Crippen molar-refractivity contribution in [1.82, 2.24) is 9.80 Å². The van der Waals surface area contributed by atoms with Gasteiger partial charge in [0.2, 0.25) is 0 Å². The van der Waals surface area contributed by atoms with Crippen LogP contribution in [0.5, 0.6) is 0 Å². The Morgan fingerprint density at radius 1 is 0.893 bits per heavy atom. The van der Waals surface area contributed by atoms with E-state index in [2.05, 4.69) is 13.2 Å². The van der Waals surface area contributed by atoms with Gasteiger partial charge in [-0.15, -0.1) is 0 Å². The molecule has 2 N–H and O–H groups in total. The smallest absolute Gasteiger partial charge is 0.409 e. The minimum absolute atomic E-state index is 0.220. The van der Waals surface area contributed by atoms with Crippen molar-refractivity contribution in [3.63, 3.8) is 0 Å². The first-order chi connectivity index (χ1) is 13.3. The van der Waals surface area contributed by atoms with Gasteiger partial charge in [0.05, 0.1) is 13.1 Å². The van der Waals surface area contributed by atoms with Crippen molar-refractivity contribution in [1.29, 1.82) is 0 Å². The van der Waals surface area contributed by atoms with E-state index in [1.165, 1.54) is 0 Å². The summed E-state index contributed by atoms with van der Waals surface area (Å²) in [6.45, 7) is 7.51. The van der Waals surface area contributed by atoms with E-state index in [9.17, 15) is 29.4 Å². The molecule has 10 nitrogen and oxygen atoms in total. The van der Waals surface area contributed by atoms with Crippen molar-refractivity contribution < 1.29 is 38.9 Å². The van der Waals surface area contributed by atoms with Crippen molar-refractivity contribution in [2.75, 3.05) is 26.3 Å². The third-order valence-electron chi connectivity index (χ3n) is 3.76. The summed E-state index contributed by atoms with van der Waals surface area (Å²) in [6, 6.07) is 0. The fraction of sp³-hybridized carbons (Fsp3) is 0.556. The van der Waals surface area contributed by atoms with Crippen molar-refractivity contribution in [2.45, 2.75) is 38.8 Å². The summed E-state index contributed by atoms with van der Waals surface area (Å²) >= 11 is 0. The van der Waals surface area contributed by atoms with E-state index in [0.717, 1.165) is 34.8 Å². The summed E-state index contributed by atoms with van der Waals surface area (Å²) in [6.07, 6.45) is 0.644. The van der Waals surface area contributed by atoms with E-state index in [0.29, 0.717) is 6.42 Å². The summed E-state index contributed by atoms with van der Waals surface area (Å²) < 4.78 is 9.61. The monoisotopic (exact) mass is 400 g/mol. The minimum atomic E-state index is -1.36. The lowest BCUT2D eigenvalue weighted by Gasteiger charge is -2.36. The second-order valence-corrected chi connectivity index (χ2v) is 5.67. The van der Waals surface area contributed by atoms with Gasteiger partial charge in [0.25, 0.3) is 0 Å². The Balaban J connectivity index is 5.33. The molecule has 0 fully saturated rings. The van der Waals surface area contributed by atoms with Crippen LogP contribution >= 0.6 is 0 Å². The van der Waals surface area contributed by atoms with Crippen molar-refractivity contribution >= 4 is 24.1 Å². The standard InChI is InChI=1S/C18H28N2O8/c1-4-7-8-9-14(19(17(23)24)10-12-27-15(21)5-2)20(18(25)26)11-13-28-16(22)6-3/h5-6,14H,2-4,7-13H2,1H3,(H,23,24)(H,25,26). The zero-order valence-electron chi connectivity index (χ0n) is 16.0. The number of ether oxygens (including phenoxy) is 2. The molecule has 0 unspecified atom stereocenters. The molecule has 158 valence electrons. The van der Waals surface area contributed by atoms with E-state index in [1.807, 2.05) is 6.92 Å². The summed E-state index contributed by atoms with van der Waals surface area (Å²) in [5, 5.41) is 19.1. The van der Waals surface area contributed by atoms with Crippen LogP contribution in [0, 0.1) is 0 Å². The molecule has 28 heavy (non-hydrogen) atoms. The second kappa shape index (κ2) is 14.1. The third kappa shape index (κ3) is 9.60. The molecule has 0 spiro atoms. The van der Waals surface area contributed by atoms with Gasteiger partial charge in [0.1, 0.15) is 19.4 Å². The number of esters is 2. The van der Waals surface area contributed by atoms with Crippen molar-refractivity contribution in [3.05, 3.63) is 25.3 Å². The maximum atomic E-state index is 11.7. The number of hydrogen-bond donors (Lipinski definition) is 2. The Morgan fingerprint density at radius 3 is 1.64 bits per heavy atom.